The number of ether oxygens (including phenoxy) is 1. The Morgan fingerprint density at radius 2 is 1.77 bits per heavy atom. The van der Waals surface area contributed by atoms with Crippen molar-refractivity contribution in [2.45, 2.75) is 31.2 Å². The Kier molecular flexibility index (Phi) is 6.07. The van der Waals surface area contributed by atoms with E-state index < -0.39 is 28.0 Å². The van der Waals surface area contributed by atoms with Crippen LogP contribution in [-0.4, -0.2) is 38.6 Å². The minimum absolute atomic E-state index is 0.0225. The van der Waals surface area contributed by atoms with Crippen molar-refractivity contribution in [2.75, 3.05) is 7.11 Å². The Bertz CT molecular complexity index is 636. The van der Waals surface area contributed by atoms with Crippen molar-refractivity contribution in [2.24, 2.45) is 5.92 Å². The van der Waals surface area contributed by atoms with Gasteiger partial charge >= 0.3 is 11.9 Å². The van der Waals surface area contributed by atoms with Crippen LogP contribution < -0.4 is 4.72 Å². The van der Waals surface area contributed by atoms with E-state index >= 15 is 0 Å². The molecule has 0 bridgehead atoms. The standard InChI is InChI=1S/C14H19NO6S/c1-9(2)8-12(14(18)21-3)15-22(19,20)11-6-4-10(5-7-11)13(16)17/h4-7,9,12,15H,8H2,1-3H3,(H,16,17)/t12-/m0/s1. The van der Waals surface area contributed by atoms with Crippen LogP contribution in [0, 0.1) is 5.92 Å². The van der Waals surface area contributed by atoms with E-state index in [-0.39, 0.29) is 16.4 Å². The maximum absolute atomic E-state index is 12.3. The van der Waals surface area contributed by atoms with E-state index in [1.807, 2.05) is 13.8 Å². The van der Waals surface area contributed by atoms with Gasteiger partial charge in [0.15, 0.2) is 0 Å². The van der Waals surface area contributed by atoms with Crippen LogP contribution in [0.4, 0.5) is 0 Å². The normalized spacial score (nSPS) is 12.9. The van der Waals surface area contributed by atoms with Crippen molar-refractivity contribution >= 4 is 22.0 Å². The second kappa shape index (κ2) is 7.37. The van der Waals surface area contributed by atoms with Crippen molar-refractivity contribution in [1.29, 1.82) is 0 Å². The number of esters is 1. The molecular formula is C14H19NO6S. The third kappa shape index (κ3) is 4.81. The first-order valence-electron chi connectivity index (χ1n) is 6.61. The molecule has 0 unspecified atom stereocenters. The van der Waals surface area contributed by atoms with Gasteiger partial charge in [0.1, 0.15) is 6.04 Å². The third-order valence-corrected chi connectivity index (χ3v) is 4.39. The number of hydrogen-bond acceptors (Lipinski definition) is 5. The molecule has 0 aliphatic heterocycles. The number of carboxylic acid groups (broad SMARTS) is 1. The molecule has 0 radical (unpaired) electrons. The second-order valence-electron chi connectivity index (χ2n) is 5.16. The molecule has 1 aromatic carbocycles. The van der Waals surface area contributed by atoms with Gasteiger partial charge in [0.25, 0.3) is 0 Å². The Labute approximate surface area is 129 Å². The lowest BCUT2D eigenvalue weighted by Crippen LogP contribution is -2.42. The minimum atomic E-state index is -3.95. The maximum Gasteiger partial charge on any atom is 0.335 e. The van der Waals surface area contributed by atoms with Crippen molar-refractivity contribution in [3.05, 3.63) is 29.8 Å². The van der Waals surface area contributed by atoms with E-state index in [4.69, 9.17) is 5.11 Å². The first kappa shape index (κ1) is 18.1. The van der Waals surface area contributed by atoms with Crippen LogP contribution in [0.2, 0.25) is 0 Å². The Morgan fingerprint density at radius 1 is 1.23 bits per heavy atom. The molecule has 0 saturated heterocycles. The average molecular weight is 329 g/mol. The van der Waals surface area contributed by atoms with Gasteiger partial charge in [-0.2, -0.15) is 4.72 Å². The Morgan fingerprint density at radius 3 is 2.18 bits per heavy atom. The quantitative estimate of drug-likeness (QED) is 0.729. The highest BCUT2D eigenvalue weighted by Crippen LogP contribution is 2.14. The number of methoxy groups -OCH3 is 1. The number of carbonyl (C=O) groups is 2. The fraction of sp³-hybridized carbons (Fsp3) is 0.429. The van der Waals surface area contributed by atoms with Crippen LogP contribution in [0.15, 0.2) is 29.2 Å². The lowest BCUT2D eigenvalue weighted by molar-refractivity contribution is -0.143. The predicted molar refractivity (Wildman–Crippen MR) is 79.0 cm³/mol. The van der Waals surface area contributed by atoms with Crippen LogP contribution in [0.5, 0.6) is 0 Å². The van der Waals surface area contributed by atoms with Gasteiger partial charge in [0.05, 0.1) is 17.6 Å². The number of benzene rings is 1. The Balaban J connectivity index is 3.01. The van der Waals surface area contributed by atoms with Crippen molar-refractivity contribution in [1.82, 2.24) is 4.72 Å². The summed E-state index contributed by atoms with van der Waals surface area (Å²) in [6.45, 7) is 3.71. The summed E-state index contributed by atoms with van der Waals surface area (Å²) >= 11 is 0. The van der Waals surface area contributed by atoms with Gasteiger partial charge in [-0.25, -0.2) is 13.2 Å². The van der Waals surface area contributed by atoms with Crippen LogP contribution in [-0.2, 0) is 19.6 Å². The molecular weight excluding hydrogens is 310 g/mol. The molecule has 0 amide bonds. The number of sulfonamides is 1. The van der Waals surface area contributed by atoms with Gasteiger partial charge in [0, 0.05) is 0 Å². The summed E-state index contributed by atoms with van der Waals surface area (Å²) in [4.78, 5) is 22.3. The summed E-state index contributed by atoms with van der Waals surface area (Å²) in [6.07, 6.45) is 0.291. The van der Waals surface area contributed by atoms with E-state index in [1.165, 1.54) is 31.4 Å². The number of nitrogens with one attached hydrogen (secondary N) is 1. The van der Waals surface area contributed by atoms with Crippen molar-refractivity contribution in [3.8, 4) is 0 Å². The van der Waals surface area contributed by atoms with Gasteiger partial charge in [-0.3, -0.25) is 4.79 Å². The topological polar surface area (TPSA) is 110 Å². The fourth-order valence-electron chi connectivity index (χ4n) is 1.84. The van der Waals surface area contributed by atoms with E-state index in [0.29, 0.717) is 6.42 Å². The molecule has 1 rings (SSSR count). The molecule has 1 aromatic rings. The summed E-state index contributed by atoms with van der Waals surface area (Å²) in [5.41, 5.74) is -0.0225. The molecule has 0 saturated carbocycles. The van der Waals surface area contributed by atoms with Crippen LogP contribution in [0.1, 0.15) is 30.6 Å². The number of carboxylic acids is 1. The highest BCUT2D eigenvalue weighted by molar-refractivity contribution is 7.89. The summed E-state index contributed by atoms with van der Waals surface area (Å²) in [5, 5.41) is 8.80. The van der Waals surface area contributed by atoms with Crippen molar-refractivity contribution < 1.29 is 27.9 Å². The summed E-state index contributed by atoms with van der Waals surface area (Å²) in [5.74, 6) is -1.73. The van der Waals surface area contributed by atoms with Crippen LogP contribution in [0.3, 0.4) is 0 Å². The lowest BCUT2D eigenvalue weighted by Gasteiger charge is -2.18. The summed E-state index contributed by atoms with van der Waals surface area (Å²) in [6, 6.07) is 3.73. The van der Waals surface area contributed by atoms with Gasteiger partial charge in [-0.15, -0.1) is 0 Å². The molecule has 22 heavy (non-hydrogen) atoms. The number of rotatable bonds is 7. The molecule has 2 N–H and O–H groups in total. The third-order valence-electron chi connectivity index (χ3n) is 2.90. The van der Waals surface area contributed by atoms with Crippen LogP contribution >= 0.6 is 0 Å². The maximum atomic E-state index is 12.3. The zero-order valence-corrected chi connectivity index (χ0v) is 13.4. The number of aromatic carboxylic acids is 1. The highest BCUT2D eigenvalue weighted by Gasteiger charge is 2.27. The van der Waals surface area contributed by atoms with Crippen molar-refractivity contribution in [3.63, 3.8) is 0 Å². The molecule has 1 atom stereocenters. The molecule has 7 nitrogen and oxygen atoms in total. The van der Waals surface area contributed by atoms with Gasteiger partial charge < -0.3 is 9.84 Å². The van der Waals surface area contributed by atoms with E-state index in [0.717, 1.165) is 0 Å². The smallest absolute Gasteiger partial charge is 0.335 e. The minimum Gasteiger partial charge on any atom is -0.478 e. The van der Waals surface area contributed by atoms with E-state index in [2.05, 4.69) is 9.46 Å². The second-order valence-corrected chi connectivity index (χ2v) is 6.87. The van der Waals surface area contributed by atoms with Gasteiger partial charge in [0.2, 0.25) is 10.0 Å². The van der Waals surface area contributed by atoms with Crippen LogP contribution in [0.25, 0.3) is 0 Å². The molecule has 0 aromatic heterocycles. The Hall–Kier alpha value is -1.93. The van der Waals surface area contributed by atoms with E-state index in [1.54, 1.807) is 0 Å². The SMILES string of the molecule is COC(=O)[C@H](CC(C)C)NS(=O)(=O)c1ccc(C(=O)O)cc1. The molecule has 0 heterocycles. The average Bonchev–Trinajstić information content (AvgIpc) is 2.45. The molecule has 0 aliphatic rings. The lowest BCUT2D eigenvalue weighted by atomic mass is 10.1. The zero-order chi connectivity index (χ0) is 16.9. The number of hydrogen-bond donors (Lipinski definition) is 2. The fourth-order valence-corrected chi connectivity index (χ4v) is 3.04. The first-order valence-corrected chi connectivity index (χ1v) is 8.09. The first-order chi connectivity index (χ1) is 10.2. The number of carbonyl (C=O) groups excluding carboxylic acids is 1. The van der Waals surface area contributed by atoms with Gasteiger partial charge in [-0.1, -0.05) is 13.8 Å². The summed E-state index contributed by atoms with van der Waals surface area (Å²) < 4.78 is 31.4. The zero-order valence-electron chi connectivity index (χ0n) is 12.6. The molecule has 8 heteroatoms. The molecule has 122 valence electrons. The largest absolute Gasteiger partial charge is 0.478 e. The highest BCUT2D eigenvalue weighted by atomic mass is 32.2. The van der Waals surface area contributed by atoms with Gasteiger partial charge in [-0.05, 0) is 36.6 Å². The molecule has 0 spiro atoms. The predicted octanol–water partition coefficient (Wildman–Crippen LogP) is 1.25. The van der Waals surface area contributed by atoms with E-state index in [9.17, 15) is 18.0 Å². The molecule has 0 aliphatic carbocycles. The monoisotopic (exact) mass is 329 g/mol. The summed E-state index contributed by atoms with van der Waals surface area (Å²) in [7, 11) is -2.76. The molecule has 0 fully saturated rings.